The first kappa shape index (κ1) is 9.16. The Morgan fingerprint density at radius 2 is 2.20 bits per heavy atom. The number of pyridine rings is 1. The summed E-state index contributed by atoms with van der Waals surface area (Å²) in [5.74, 6) is 1.07. The van der Waals surface area contributed by atoms with E-state index in [1.807, 2.05) is 6.92 Å². The van der Waals surface area contributed by atoms with Crippen LogP contribution in [-0.4, -0.2) is 23.2 Å². The molecule has 0 unspecified atom stereocenters. The highest BCUT2D eigenvalue weighted by Gasteiger charge is 2.52. The number of aliphatic hydroxyl groups is 1. The Hall–Kier alpha value is -1.09. The predicted octanol–water partition coefficient (Wildman–Crippen LogP) is 1.48. The lowest BCUT2D eigenvalue weighted by Gasteiger charge is -2.41. The molecule has 0 aromatic carbocycles. The van der Waals surface area contributed by atoms with Crippen LogP contribution in [0.2, 0.25) is 0 Å². The average molecular weight is 204 g/mol. The van der Waals surface area contributed by atoms with Gasteiger partial charge in [-0.2, -0.15) is 0 Å². The van der Waals surface area contributed by atoms with E-state index in [0.717, 1.165) is 16.9 Å². The van der Waals surface area contributed by atoms with Crippen molar-refractivity contribution in [3.63, 3.8) is 0 Å². The van der Waals surface area contributed by atoms with Crippen molar-refractivity contribution < 1.29 is 5.11 Å². The van der Waals surface area contributed by atoms with Crippen LogP contribution < -0.4 is 4.90 Å². The Labute approximate surface area is 89.7 Å². The van der Waals surface area contributed by atoms with Crippen LogP contribution >= 0.6 is 0 Å². The van der Waals surface area contributed by atoms with Crippen molar-refractivity contribution in [1.82, 2.24) is 4.98 Å². The molecule has 3 heteroatoms. The summed E-state index contributed by atoms with van der Waals surface area (Å²) < 4.78 is 0. The smallest absolute Gasteiger partial charge is 0.128 e. The number of hydrogen-bond acceptors (Lipinski definition) is 3. The van der Waals surface area contributed by atoms with Crippen molar-refractivity contribution in [1.29, 1.82) is 0 Å². The average Bonchev–Trinajstić information content (AvgIpc) is 2.95. The minimum Gasteiger partial charge on any atom is -0.392 e. The van der Waals surface area contributed by atoms with Gasteiger partial charge in [0, 0.05) is 24.7 Å². The zero-order chi connectivity index (χ0) is 10.5. The van der Waals surface area contributed by atoms with Gasteiger partial charge >= 0.3 is 0 Å². The van der Waals surface area contributed by atoms with E-state index in [-0.39, 0.29) is 6.61 Å². The first-order valence-electron chi connectivity index (χ1n) is 5.54. The van der Waals surface area contributed by atoms with Gasteiger partial charge in [0.1, 0.15) is 5.82 Å². The molecule has 1 saturated carbocycles. The molecule has 2 heterocycles. The fourth-order valence-electron chi connectivity index (χ4n) is 2.33. The summed E-state index contributed by atoms with van der Waals surface area (Å²) in [4.78, 5) is 6.73. The fourth-order valence-corrected chi connectivity index (χ4v) is 2.33. The lowest BCUT2D eigenvalue weighted by molar-refractivity contribution is 0.280. The van der Waals surface area contributed by atoms with Crippen molar-refractivity contribution in [2.45, 2.75) is 26.4 Å². The highest BCUT2D eigenvalue weighted by atomic mass is 16.3. The summed E-state index contributed by atoms with van der Waals surface area (Å²) in [5, 5.41) is 9.06. The summed E-state index contributed by atoms with van der Waals surface area (Å²) >= 11 is 0. The third-order valence-corrected chi connectivity index (χ3v) is 3.71. The summed E-state index contributed by atoms with van der Waals surface area (Å²) in [6, 6.07) is 2.08. The molecular weight excluding hydrogens is 188 g/mol. The van der Waals surface area contributed by atoms with Gasteiger partial charge in [-0.1, -0.05) is 0 Å². The molecule has 1 aliphatic heterocycles. The van der Waals surface area contributed by atoms with Crippen LogP contribution in [0.15, 0.2) is 12.3 Å². The monoisotopic (exact) mass is 204 g/mol. The van der Waals surface area contributed by atoms with E-state index < -0.39 is 0 Å². The number of aliphatic hydroxyl groups excluding tert-OH is 1. The SMILES string of the molecule is Cc1cc(N2CC3(CC3)C2)ncc1CO. The first-order valence-corrected chi connectivity index (χ1v) is 5.54. The third kappa shape index (κ3) is 1.42. The molecule has 3 nitrogen and oxygen atoms in total. The Bertz CT molecular complexity index is 391. The van der Waals surface area contributed by atoms with Crippen molar-refractivity contribution >= 4 is 5.82 Å². The Morgan fingerprint density at radius 3 is 2.73 bits per heavy atom. The molecule has 1 saturated heterocycles. The fraction of sp³-hybridized carbons (Fsp3) is 0.583. The standard InChI is InChI=1S/C12H16N2O/c1-9-4-11(13-5-10(9)6-15)14-7-12(8-14)2-3-12/h4-5,15H,2-3,6-8H2,1H3. The molecule has 80 valence electrons. The maximum Gasteiger partial charge on any atom is 0.128 e. The highest BCUT2D eigenvalue weighted by Crippen LogP contribution is 2.53. The van der Waals surface area contributed by atoms with E-state index in [1.54, 1.807) is 6.20 Å². The lowest BCUT2D eigenvalue weighted by Crippen LogP contribution is -2.48. The molecule has 1 aliphatic carbocycles. The lowest BCUT2D eigenvalue weighted by atomic mass is 9.97. The normalized spacial score (nSPS) is 21.6. The molecule has 0 amide bonds. The summed E-state index contributed by atoms with van der Waals surface area (Å²) in [7, 11) is 0. The molecule has 1 N–H and O–H groups in total. The van der Waals surface area contributed by atoms with Crippen LogP contribution in [0.25, 0.3) is 0 Å². The van der Waals surface area contributed by atoms with Crippen LogP contribution in [0.5, 0.6) is 0 Å². The molecule has 2 fully saturated rings. The molecular formula is C12H16N2O. The number of anilines is 1. The Morgan fingerprint density at radius 1 is 1.47 bits per heavy atom. The molecule has 0 atom stereocenters. The van der Waals surface area contributed by atoms with E-state index >= 15 is 0 Å². The topological polar surface area (TPSA) is 36.4 Å². The number of rotatable bonds is 2. The zero-order valence-corrected chi connectivity index (χ0v) is 9.03. The number of aryl methyl sites for hydroxylation is 1. The molecule has 0 bridgehead atoms. The Balaban J connectivity index is 1.78. The number of aromatic nitrogens is 1. The maximum atomic E-state index is 9.06. The van der Waals surface area contributed by atoms with Crippen LogP contribution in [0.3, 0.4) is 0 Å². The molecule has 1 aromatic rings. The van der Waals surface area contributed by atoms with Gasteiger partial charge in [-0.3, -0.25) is 0 Å². The van der Waals surface area contributed by atoms with Gasteiger partial charge in [0.05, 0.1) is 6.61 Å². The van der Waals surface area contributed by atoms with E-state index in [4.69, 9.17) is 5.11 Å². The first-order chi connectivity index (χ1) is 7.22. The van der Waals surface area contributed by atoms with Crippen LogP contribution in [0, 0.1) is 12.3 Å². The molecule has 1 aromatic heterocycles. The Kier molecular flexibility index (Phi) is 1.80. The van der Waals surface area contributed by atoms with Gasteiger partial charge in [-0.05, 0) is 37.0 Å². The second kappa shape index (κ2) is 2.95. The van der Waals surface area contributed by atoms with Crippen molar-refractivity contribution in [3.05, 3.63) is 23.4 Å². The minimum absolute atomic E-state index is 0.0864. The van der Waals surface area contributed by atoms with E-state index in [1.165, 1.54) is 25.9 Å². The number of nitrogens with zero attached hydrogens (tertiary/aromatic N) is 2. The summed E-state index contributed by atoms with van der Waals surface area (Å²) in [6.07, 6.45) is 4.59. The maximum absolute atomic E-state index is 9.06. The summed E-state index contributed by atoms with van der Waals surface area (Å²) in [5.41, 5.74) is 2.74. The largest absolute Gasteiger partial charge is 0.392 e. The van der Waals surface area contributed by atoms with Crippen LogP contribution in [0.1, 0.15) is 24.0 Å². The molecule has 3 rings (SSSR count). The van der Waals surface area contributed by atoms with Gasteiger partial charge in [0.15, 0.2) is 0 Å². The molecule has 0 radical (unpaired) electrons. The van der Waals surface area contributed by atoms with Crippen LogP contribution in [-0.2, 0) is 6.61 Å². The van der Waals surface area contributed by atoms with Crippen molar-refractivity contribution in [2.24, 2.45) is 5.41 Å². The molecule has 15 heavy (non-hydrogen) atoms. The van der Waals surface area contributed by atoms with Gasteiger partial charge < -0.3 is 10.0 Å². The van der Waals surface area contributed by atoms with E-state index in [2.05, 4.69) is 16.0 Å². The number of hydrogen-bond donors (Lipinski definition) is 1. The van der Waals surface area contributed by atoms with Gasteiger partial charge in [-0.25, -0.2) is 4.98 Å². The van der Waals surface area contributed by atoms with Crippen LogP contribution in [0.4, 0.5) is 5.82 Å². The minimum atomic E-state index is 0.0864. The van der Waals surface area contributed by atoms with Gasteiger partial charge in [-0.15, -0.1) is 0 Å². The zero-order valence-electron chi connectivity index (χ0n) is 9.03. The third-order valence-electron chi connectivity index (χ3n) is 3.71. The molecule has 2 aliphatic rings. The molecule has 1 spiro atoms. The summed E-state index contributed by atoms with van der Waals surface area (Å²) in [6.45, 7) is 4.47. The quantitative estimate of drug-likeness (QED) is 0.792. The second-order valence-corrected chi connectivity index (χ2v) is 4.98. The van der Waals surface area contributed by atoms with E-state index in [0.29, 0.717) is 5.41 Å². The highest BCUT2D eigenvalue weighted by molar-refractivity contribution is 5.47. The predicted molar refractivity (Wildman–Crippen MR) is 58.8 cm³/mol. The second-order valence-electron chi connectivity index (χ2n) is 4.98. The van der Waals surface area contributed by atoms with Gasteiger partial charge in [0.25, 0.3) is 0 Å². The van der Waals surface area contributed by atoms with Crippen molar-refractivity contribution in [3.8, 4) is 0 Å². The van der Waals surface area contributed by atoms with Gasteiger partial charge in [0.2, 0.25) is 0 Å². The van der Waals surface area contributed by atoms with E-state index in [9.17, 15) is 0 Å². The van der Waals surface area contributed by atoms with Crippen molar-refractivity contribution in [2.75, 3.05) is 18.0 Å².